The van der Waals surface area contributed by atoms with Crippen molar-refractivity contribution in [2.75, 3.05) is 0 Å². The molecule has 0 bridgehead atoms. The first-order valence-corrected chi connectivity index (χ1v) is 16.4. The molecule has 2 aromatic carbocycles. The van der Waals surface area contributed by atoms with Crippen LogP contribution in [0, 0.1) is 0 Å². The molecule has 2 unspecified atom stereocenters. The molecule has 4 rings (SSSR count). The van der Waals surface area contributed by atoms with Crippen LogP contribution in [0.2, 0.25) is 0 Å². The van der Waals surface area contributed by atoms with Crippen LogP contribution in [0.5, 0.6) is 0 Å². The first-order chi connectivity index (χ1) is 18.1. The number of nitrogens with one attached hydrogen (secondary N) is 3. The van der Waals surface area contributed by atoms with E-state index in [0.29, 0.717) is 12.8 Å². The van der Waals surface area contributed by atoms with Crippen molar-refractivity contribution in [3.8, 4) is 0 Å². The molecule has 0 radical (unpaired) electrons. The molecule has 220 valence electrons. The zero-order chi connectivity index (χ0) is 29.4. The Morgan fingerprint density at radius 1 is 0.750 bits per heavy atom. The number of carbonyl (C=O) groups excluding carboxylic acids is 4. The Morgan fingerprint density at radius 2 is 1.18 bits per heavy atom. The summed E-state index contributed by atoms with van der Waals surface area (Å²) in [5.41, 5.74) is 5.28. The summed E-state index contributed by atoms with van der Waals surface area (Å²) in [6.07, 6.45) is 1.14. The summed E-state index contributed by atoms with van der Waals surface area (Å²) in [5, 5.41) is 4.23. The van der Waals surface area contributed by atoms with E-state index in [9.17, 15) is 36.0 Å². The summed E-state index contributed by atoms with van der Waals surface area (Å²) < 4.78 is 49.4. The minimum atomic E-state index is -3.77. The summed E-state index contributed by atoms with van der Waals surface area (Å²) in [7, 11) is -2.27. The minimum Gasteiger partial charge on any atom is -0.320 e. The Balaban J connectivity index is 0.000000324. The highest BCUT2D eigenvalue weighted by Crippen LogP contribution is 2.18. The second-order valence-electron chi connectivity index (χ2n) is 8.03. The monoisotopic (exact) mass is 744 g/mol. The van der Waals surface area contributed by atoms with E-state index in [2.05, 4.69) is 47.2 Å². The number of piperidine rings is 2. The molecule has 5 N–H and O–H groups in total. The molecular weight excluding hydrogens is 720 g/mol. The number of imide groups is 2. The maximum atomic E-state index is 12.0. The molecule has 0 spiro atoms. The summed E-state index contributed by atoms with van der Waals surface area (Å²) >= 11 is 6.38. The lowest BCUT2D eigenvalue weighted by Gasteiger charge is -2.21. The first-order valence-electron chi connectivity index (χ1n) is 11.0. The quantitative estimate of drug-likeness (QED) is 0.268. The Labute approximate surface area is 253 Å². The highest BCUT2D eigenvalue weighted by Gasteiger charge is 2.30. The largest absolute Gasteiger partial charge is 0.320 e. The molecule has 0 aliphatic carbocycles. The van der Waals surface area contributed by atoms with E-state index < -0.39 is 37.1 Å². The van der Waals surface area contributed by atoms with Gasteiger partial charge in [0.05, 0.1) is 15.8 Å². The van der Waals surface area contributed by atoms with Crippen LogP contribution in [-0.4, -0.2) is 52.5 Å². The summed E-state index contributed by atoms with van der Waals surface area (Å²) in [6.45, 7) is 0. The lowest BCUT2D eigenvalue weighted by Crippen LogP contribution is -2.52. The van der Waals surface area contributed by atoms with Crippen LogP contribution in [-0.2, 0) is 38.3 Å². The Morgan fingerprint density at radius 3 is 1.57 bits per heavy atom. The van der Waals surface area contributed by atoms with Gasteiger partial charge < -0.3 is 5.73 Å². The molecule has 0 aromatic heterocycles. The average molecular weight is 747 g/mol. The van der Waals surface area contributed by atoms with Crippen molar-refractivity contribution in [3.63, 3.8) is 0 Å². The van der Waals surface area contributed by atoms with Gasteiger partial charge in [-0.2, -0.15) is 4.72 Å². The smallest absolute Gasteiger partial charge is 0.261 e. The van der Waals surface area contributed by atoms with Crippen molar-refractivity contribution in [1.82, 2.24) is 15.4 Å². The molecule has 2 aliphatic heterocycles. The average Bonchev–Trinajstić information content (AvgIpc) is 2.84. The number of rotatable bonds is 4. The number of halogens is 3. The normalized spacial score (nSPS) is 19.0. The van der Waals surface area contributed by atoms with Crippen LogP contribution in [0.4, 0.5) is 0 Å². The van der Waals surface area contributed by atoms with Crippen molar-refractivity contribution in [3.05, 3.63) is 57.5 Å². The lowest BCUT2D eigenvalue weighted by atomic mass is 10.1. The molecule has 2 fully saturated rings. The molecule has 12 nitrogen and oxygen atoms in total. The van der Waals surface area contributed by atoms with Gasteiger partial charge in [0.2, 0.25) is 33.7 Å². The number of nitrogens with two attached hydrogens (primary N) is 1. The van der Waals surface area contributed by atoms with Crippen LogP contribution in [0.3, 0.4) is 0 Å². The number of hydrogen-bond donors (Lipinski definition) is 4. The molecule has 2 aromatic rings. The number of hydrogen-bond acceptors (Lipinski definition) is 9. The summed E-state index contributed by atoms with van der Waals surface area (Å²) in [5.74, 6) is -1.58. The van der Waals surface area contributed by atoms with Crippen LogP contribution in [0.1, 0.15) is 33.1 Å². The van der Waals surface area contributed by atoms with Gasteiger partial charge in [-0.05, 0) is 61.4 Å². The van der Waals surface area contributed by atoms with Crippen molar-refractivity contribution < 1.29 is 36.0 Å². The third-order valence-corrected chi connectivity index (χ3v) is 8.95. The Kier molecular flexibility index (Phi) is 14.1. The van der Waals surface area contributed by atoms with E-state index in [0.717, 1.165) is 8.95 Å². The van der Waals surface area contributed by atoms with Crippen molar-refractivity contribution in [2.24, 2.45) is 5.73 Å². The van der Waals surface area contributed by atoms with E-state index in [1.54, 1.807) is 24.3 Å². The fourth-order valence-electron chi connectivity index (χ4n) is 2.98. The van der Waals surface area contributed by atoms with Gasteiger partial charge in [0.1, 0.15) is 6.04 Å². The van der Waals surface area contributed by atoms with E-state index in [1.165, 1.54) is 24.3 Å². The van der Waals surface area contributed by atoms with Gasteiger partial charge in [-0.25, -0.2) is 16.8 Å². The number of amides is 4. The highest BCUT2D eigenvalue weighted by molar-refractivity contribution is 9.10. The molecule has 2 atom stereocenters. The zero-order valence-corrected chi connectivity index (χ0v) is 25.5. The van der Waals surface area contributed by atoms with Crippen LogP contribution in [0.25, 0.3) is 0 Å². The predicted molar refractivity (Wildman–Crippen MR) is 155 cm³/mol. The summed E-state index contributed by atoms with van der Waals surface area (Å²) in [6, 6.07) is 10.8. The van der Waals surface area contributed by atoms with Gasteiger partial charge in [-0.15, -0.1) is 0 Å². The van der Waals surface area contributed by atoms with Gasteiger partial charge in [-0.1, -0.05) is 39.3 Å². The predicted octanol–water partition coefficient (Wildman–Crippen LogP) is 2.30. The Hall–Kier alpha value is -2.21. The SMILES string of the molecule is C.NC1CCC(=O)NC1=O.O=C1CCC(NS(=O)(=O)c2ccc(Br)cc2)C(=O)N1.O=S(=O)(Cl)c1ccc(Br)cc1. The molecule has 2 aliphatic rings. The van der Waals surface area contributed by atoms with E-state index in [-0.39, 0.29) is 47.8 Å². The number of carbonyl (C=O) groups is 4. The van der Waals surface area contributed by atoms with E-state index in [1.807, 2.05) is 0 Å². The fraction of sp³-hybridized carbons (Fsp3) is 0.304. The van der Waals surface area contributed by atoms with Gasteiger partial charge in [0, 0.05) is 32.5 Å². The van der Waals surface area contributed by atoms with Gasteiger partial charge in [-0.3, -0.25) is 29.8 Å². The molecule has 2 heterocycles. The molecule has 40 heavy (non-hydrogen) atoms. The van der Waals surface area contributed by atoms with Crippen molar-refractivity contribution in [1.29, 1.82) is 0 Å². The minimum absolute atomic E-state index is 0. The van der Waals surface area contributed by atoms with Crippen LogP contribution >= 0.6 is 42.5 Å². The first kappa shape index (κ1) is 35.8. The van der Waals surface area contributed by atoms with E-state index >= 15 is 0 Å². The fourth-order valence-corrected chi connectivity index (χ4v) is 5.51. The van der Waals surface area contributed by atoms with Crippen molar-refractivity contribution >= 4 is 85.2 Å². The maximum absolute atomic E-state index is 12.0. The number of benzene rings is 2. The zero-order valence-electron chi connectivity index (χ0n) is 19.9. The molecule has 4 amide bonds. The molecule has 0 saturated carbocycles. The third kappa shape index (κ3) is 11.7. The highest BCUT2D eigenvalue weighted by atomic mass is 79.9. The van der Waals surface area contributed by atoms with Crippen LogP contribution < -0.4 is 21.1 Å². The number of sulfonamides is 1. The maximum Gasteiger partial charge on any atom is 0.261 e. The topological polar surface area (TPSA) is 199 Å². The Bertz CT molecular complexity index is 1440. The van der Waals surface area contributed by atoms with E-state index in [4.69, 9.17) is 16.4 Å². The van der Waals surface area contributed by atoms with Gasteiger partial charge in [0.15, 0.2) is 0 Å². The second kappa shape index (κ2) is 15.7. The standard InChI is InChI=1S/C11H11BrN2O4S.C6H4BrClO2S.C5H8N2O2.CH4/c12-7-1-3-8(4-2-7)19(17,18)14-9-5-6-10(15)13-11(9)16;7-5-1-3-6(4-2-5)11(8,9)10;6-3-1-2-4(8)7-5(3)9;/h1-4,9,14H,5-6H2,(H,13,15,16);1-4H;3H,1-2,6H2,(H,7,8,9);1H4. The third-order valence-electron chi connectivity index (χ3n) is 5.04. The van der Waals surface area contributed by atoms with Crippen LogP contribution in [0.15, 0.2) is 67.3 Å². The molecule has 2 saturated heterocycles. The second-order valence-corrected chi connectivity index (χ2v) is 14.1. The molecular formula is C23H27Br2ClN4O8S2. The molecule has 17 heteroatoms. The van der Waals surface area contributed by atoms with Gasteiger partial charge in [0.25, 0.3) is 9.05 Å². The van der Waals surface area contributed by atoms with Crippen molar-refractivity contribution in [2.45, 2.75) is 55.0 Å². The van der Waals surface area contributed by atoms with Gasteiger partial charge >= 0.3 is 0 Å². The summed E-state index contributed by atoms with van der Waals surface area (Å²) in [4.78, 5) is 43.6. The lowest BCUT2D eigenvalue weighted by molar-refractivity contribution is -0.135.